The summed E-state index contributed by atoms with van der Waals surface area (Å²) in [7, 11) is 4.35. The van der Waals surface area contributed by atoms with Gasteiger partial charge in [0, 0.05) is 24.3 Å². The second-order valence-corrected chi connectivity index (χ2v) is 11.3. The van der Waals surface area contributed by atoms with Crippen molar-refractivity contribution in [2.24, 2.45) is 5.92 Å². The summed E-state index contributed by atoms with van der Waals surface area (Å²) >= 11 is 0. The first kappa shape index (κ1) is 24.8. The quantitative estimate of drug-likeness (QED) is 0.615. The Balaban J connectivity index is 1.34. The number of carbonyl (C=O) groups excluding carboxylic acids is 2. The Morgan fingerprint density at radius 3 is 2.39 bits per heavy atom. The van der Waals surface area contributed by atoms with E-state index in [1.54, 1.807) is 11.0 Å². The number of hydrogen-bond acceptors (Lipinski definition) is 4. The summed E-state index contributed by atoms with van der Waals surface area (Å²) < 4.78 is 0. The molecule has 2 aromatic rings. The molecule has 1 aromatic heterocycles. The maximum atomic E-state index is 13.7. The van der Waals surface area contributed by atoms with Crippen molar-refractivity contribution in [3.8, 4) is 0 Å². The van der Waals surface area contributed by atoms with Crippen LogP contribution in [0.2, 0.25) is 0 Å². The van der Waals surface area contributed by atoms with Crippen molar-refractivity contribution in [3.05, 3.63) is 59.8 Å². The zero-order valence-corrected chi connectivity index (χ0v) is 21.9. The molecule has 1 N–H and O–H groups in total. The molecule has 2 heterocycles. The van der Waals surface area contributed by atoms with Crippen molar-refractivity contribution < 1.29 is 9.59 Å². The molecule has 3 fully saturated rings. The van der Waals surface area contributed by atoms with E-state index < -0.39 is 0 Å². The Bertz CT molecular complexity index is 1090. The van der Waals surface area contributed by atoms with Gasteiger partial charge in [-0.3, -0.25) is 9.69 Å². The molecule has 1 aromatic carbocycles. The molecule has 192 valence electrons. The van der Waals surface area contributed by atoms with Gasteiger partial charge in [-0.15, -0.1) is 0 Å². The smallest absolute Gasteiger partial charge is 0.317 e. The number of anilines is 1. The normalized spacial score (nSPS) is 26.5. The standard InChI is InChI=1S/C29H39N5O2/c1-22-9-7-14-25(30-22)31-26(35)20-33-21-28(34(27(33)36)19-23-10-8-11-23)15-17-29(18-16-28,32(2)3)24-12-5-4-6-13-24/h4-7,9,12-14,23H,8,10-11,15-21H2,1-3H3,(H,30,31,35)/t28-,29-. The number of carbonyl (C=O) groups is 2. The number of benzene rings is 1. The monoisotopic (exact) mass is 489 g/mol. The van der Waals surface area contributed by atoms with Gasteiger partial charge in [-0.1, -0.05) is 42.8 Å². The van der Waals surface area contributed by atoms with E-state index in [9.17, 15) is 9.59 Å². The number of nitrogens with zero attached hydrogens (tertiary/aromatic N) is 4. The summed E-state index contributed by atoms with van der Waals surface area (Å²) in [5.41, 5.74) is 1.96. The molecule has 0 unspecified atom stereocenters. The van der Waals surface area contributed by atoms with Crippen molar-refractivity contribution in [1.29, 1.82) is 0 Å². The fourth-order valence-corrected chi connectivity index (χ4v) is 6.48. The summed E-state index contributed by atoms with van der Waals surface area (Å²) in [6.45, 7) is 3.39. The molecule has 0 radical (unpaired) electrons. The zero-order valence-electron chi connectivity index (χ0n) is 21.9. The van der Waals surface area contributed by atoms with Gasteiger partial charge < -0.3 is 15.1 Å². The Kier molecular flexibility index (Phi) is 6.77. The Labute approximate surface area is 214 Å². The molecule has 3 aliphatic rings. The summed E-state index contributed by atoms with van der Waals surface area (Å²) in [4.78, 5) is 37.3. The fraction of sp³-hybridized carbons (Fsp3) is 0.552. The largest absolute Gasteiger partial charge is 0.321 e. The number of aromatic nitrogens is 1. The predicted molar refractivity (Wildman–Crippen MR) is 142 cm³/mol. The molecule has 3 amide bonds. The van der Waals surface area contributed by atoms with Gasteiger partial charge in [-0.05, 0) is 83.2 Å². The second-order valence-electron chi connectivity index (χ2n) is 11.3. The van der Waals surface area contributed by atoms with Gasteiger partial charge in [-0.2, -0.15) is 0 Å². The molecular weight excluding hydrogens is 450 g/mol. The van der Waals surface area contributed by atoms with E-state index in [4.69, 9.17) is 0 Å². The highest BCUT2D eigenvalue weighted by Gasteiger charge is 2.55. The van der Waals surface area contributed by atoms with Crippen molar-refractivity contribution in [2.75, 3.05) is 39.0 Å². The van der Waals surface area contributed by atoms with Crippen LogP contribution in [0.5, 0.6) is 0 Å². The SMILES string of the molecule is Cc1cccc(NC(=O)CN2C[C@]3(CC[C@@](c4ccccc4)(N(C)C)CC3)N(CC3CCC3)C2=O)n1. The highest BCUT2D eigenvalue weighted by molar-refractivity contribution is 5.94. The first-order chi connectivity index (χ1) is 17.3. The van der Waals surface area contributed by atoms with Gasteiger partial charge in [0.1, 0.15) is 12.4 Å². The van der Waals surface area contributed by atoms with Gasteiger partial charge in [0.05, 0.1) is 5.54 Å². The third-order valence-corrected chi connectivity index (χ3v) is 8.89. The highest BCUT2D eigenvalue weighted by atomic mass is 16.2. The predicted octanol–water partition coefficient (Wildman–Crippen LogP) is 4.64. The third kappa shape index (κ3) is 4.61. The minimum Gasteiger partial charge on any atom is -0.317 e. The lowest BCUT2D eigenvalue weighted by atomic mass is 9.68. The van der Waals surface area contributed by atoms with Gasteiger partial charge in [0.15, 0.2) is 0 Å². The average molecular weight is 490 g/mol. The van der Waals surface area contributed by atoms with Gasteiger partial charge >= 0.3 is 6.03 Å². The molecular formula is C29H39N5O2. The van der Waals surface area contributed by atoms with E-state index in [2.05, 4.69) is 64.5 Å². The molecule has 7 nitrogen and oxygen atoms in total. The Hall–Kier alpha value is -2.93. The van der Waals surface area contributed by atoms with Crippen LogP contribution in [0, 0.1) is 12.8 Å². The lowest BCUT2D eigenvalue weighted by Gasteiger charge is -2.51. The Morgan fingerprint density at radius 2 is 1.78 bits per heavy atom. The van der Waals surface area contributed by atoms with Crippen LogP contribution in [0.4, 0.5) is 10.6 Å². The van der Waals surface area contributed by atoms with Gasteiger partial charge in [0.2, 0.25) is 5.91 Å². The number of aryl methyl sites for hydroxylation is 1. The van der Waals surface area contributed by atoms with Gasteiger partial charge in [-0.25, -0.2) is 9.78 Å². The van der Waals surface area contributed by atoms with E-state index in [-0.39, 0.29) is 29.6 Å². The molecule has 0 bridgehead atoms. The van der Waals surface area contributed by atoms with E-state index in [1.165, 1.54) is 24.8 Å². The van der Waals surface area contributed by atoms with Crippen molar-refractivity contribution in [2.45, 2.75) is 62.9 Å². The zero-order chi connectivity index (χ0) is 25.3. The number of nitrogens with one attached hydrogen (secondary N) is 1. The molecule has 1 spiro atoms. The van der Waals surface area contributed by atoms with Crippen LogP contribution in [0.3, 0.4) is 0 Å². The fourth-order valence-electron chi connectivity index (χ4n) is 6.48. The van der Waals surface area contributed by atoms with E-state index in [1.807, 2.05) is 19.1 Å². The van der Waals surface area contributed by atoms with Crippen LogP contribution in [-0.2, 0) is 10.3 Å². The van der Waals surface area contributed by atoms with Crippen molar-refractivity contribution in [3.63, 3.8) is 0 Å². The summed E-state index contributed by atoms with van der Waals surface area (Å²) in [5, 5.41) is 2.88. The number of pyridine rings is 1. The third-order valence-electron chi connectivity index (χ3n) is 8.89. The Morgan fingerprint density at radius 1 is 1.06 bits per heavy atom. The van der Waals surface area contributed by atoms with Crippen molar-refractivity contribution >= 4 is 17.8 Å². The lowest BCUT2D eigenvalue weighted by molar-refractivity contribution is -0.116. The minimum atomic E-state index is -0.206. The number of hydrogen-bond donors (Lipinski definition) is 1. The molecule has 5 rings (SSSR count). The number of urea groups is 1. The van der Waals surface area contributed by atoms with E-state index in [0.717, 1.165) is 37.9 Å². The first-order valence-corrected chi connectivity index (χ1v) is 13.3. The van der Waals surface area contributed by atoms with Crippen LogP contribution in [0.15, 0.2) is 48.5 Å². The molecule has 1 saturated heterocycles. The number of amides is 3. The van der Waals surface area contributed by atoms with Crippen molar-refractivity contribution in [1.82, 2.24) is 19.7 Å². The summed E-state index contributed by atoms with van der Waals surface area (Å²) in [6, 6.07) is 16.4. The molecule has 2 aliphatic carbocycles. The first-order valence-electron chi connectivity index (χ1n) is 13.3. The molecule has 7 heteroatoms. The highest BCUT2D eigenvalue weighted by Crippen LogP contribution is 2.49. The van der Waals surface area contributed by atoms with Crippen LogP contribution >= 0.6 is 0 Å². The summed E-state index contributed by atoms with van der Waals surface area (Å²) in [6.07, 6.45) is 7.52. The molecule has 1 aliphatic heterocycles. The molecule has 36 heavy (non-hydrogen) atoms. The van der Waals surface area contributed by atoms with Crippen LogP contribution < -0.4 is 5.32 Å². The molecule has 0 atom stereocenters. The van der Waals surface area contributed by atoms with E-state index in [0.29, 0.717) is 18.3 Å². The van der Waals surface area contributed by atoms with Crippen LogP contribution in [0.1, 0.15) is 56.2 Å². The number of rotatable bonds is 7. The molecule has 2 saturated carbocycles. The van der Waals surface area contributed by atoms with E-state index >= 15 is 0 Å². The second kappa shape index (κ2) is 9.85. The van der Waals surface area contributed by atoms with Gasteiger partial charge in [0.25, 0.3) is 0 Å². The topological polar surface area (TPSA) is 68.8 Å². The average Bonchev–Trinajstić information content (AvgIpc) is 3.07. The van der Waals surface area contributed by atoms with Crippen LogP contribution in [-0.4, -0.2) is 70.9 Å². The lowest BCUT2D eigenvalue weighted by Crippen LogP contribution is -2.56. The maximum absolute atomic E-state index is 13.7. The summed E-state index contributed by atoms with van der Waals surface area (Å²) in [5.74, 6) is 0.930. The van der Waals surface area contributed by atoms with Crippen LogP contribution in [0.25, 0.3) is 0 Å². The minimum absolute atomic E-state index is 0.0197. The maximum Gasteiger partial charge on any atom is 0.321 e.